The van der Waals surface area contributed by atoms with E-state index in [0.717, 1.165) is 0 Å². The minimum Gasteiger partial charge on any atom is -0.390 e. The maximum absolute atomic E-state index is 13.3. The summed E-state index contributed by atoms with van der Waals surface area (Å²) < 4.78 is 0. The monoisotopic (exact) mass is 496 g/mol. The van der Waals surface area contributed by atoms with Gasteiger partial charge < -0.3 is 35.7 Å². The maximum atomic E-state index is 13.3. The number of fused-ring (bicyclic) bond motifs is 5. The van der Waals surface area contributed by atoms with Crippen LogP contribution in [0.3, 0.4) is 0 Å². The molecule has 0 radical (unpaired) electrons. The third kappa shape index (κ3) is 3.70. The average molecular weight is 497 g/mol. The average Bonchev–Trinajstić information content (AvgIpc) is 3.01. The highest BCUT2D eigenvalue weighted by molar-refractivity contribution is 6.00. The molecular weight excluding hydrogens is 452 g/mol. The van der Waals surface area contributed by atoms with Crippen LogP contribution < -0.4 is 0 Å². The molecule has 200 valence electrons. The van der Waals surface area contributed by atoms with E-state index in [1.54, 1.807) is 27.7 Å². The normalized spacial score (nSPS) is 48.3. The van der Waals surface area contributed by atoms with Crippen molar-refractivity contribution in [1.29, 1.82) is 0 Å². The molecule has 3 unspecified atom stereocenters. The molecular formula is C27H44O8. The Labute approximate surface area is 207 Å². The molecule has 0 aromatic carbocycles. The van der Waals surface area contributed by atoms with Gasteiger partial charge in [-0.1, -0.05) is 13.8 Å². The first-order valence-corrected chi connectivity index (χ1v) is 13.0. The van der Waals surface area contributed by atoms with Gasteiger partial charge in [0.15, 0.2) is 5.78 Å². The lowest BCUT2D eigenvalue weighted by atomic mass is 9.44. The van der Waals surface area contributed by atoms with Gasteiger partial charge in [-0.3, -0.25) is 4.79 Å². The Kier molecular flexibility index (Phi) is 6.26. The Morgan fingerprint density at radius 3 is 2.17 bits per heavy atom. The molecule has 0 aliphatic heterocycles. The third-order valence-corrected chi connectivity index (χ3v) is 10.7. The van der Waals surface area contributed by atoms with Crippen LogP contribution in [0, 0.1) is 22.7 Å². The van der Waals surface area contributed by atoms with Crippen molar-refractivity contribution in [2.24, 2.45) is 22.7 Å². The van der Waals surface area contributed by atoms with Gasteiger partial charge in [-0.05, 0) is 89.2 Å². The van der Waals surface area contributed by atoms with Gasteiger partial charge in [-0.15, -0.1) is 0 Å². The van der Waals surface area contributed by atoms with Gasteiger partial charge in [-0.2, -0.15) is 0 Å². The smallest absolute Gasteiger partial charge is 0.187 e. The highest BCUT2D eigenvalue weighted by Crippen LogP contribution is 2.69. The predicted molar refractivity (Wildman–Crippen MR) is 128 cm³/mol. The molecule has 8 nitrogen and oxygen atoms in total. The van der Waals surface area contributed by atoms with Crippen molar-refractivity contribution in [2.75, 3.05) is 0 Å². The van der Waals surface area contributed by atoms with Crippen molar-refractivity contribution in [3.8, 4) is 0 Å². The van der Waals surface area contributed by atoms with E-state index in [9.17, 15) is 40.5 Å². The first kappa shape index (κ1) is 27.2. The van der Waals surface area contributed by atoms with Crippen LogP contribution in [0.2, 0.25) is 0 Å². The quantitative estimate of drug-likeness (QED) is 0.297. The lowest BCUT2D eigenvalue weighted by Crippen LogP contribution is -2.69. The molecule has 10 atom stereocenters. The predicted octanol–water partition coefficient (Wildman–Crippen LogP) is 0.969. The molecule has 0 spiro atoms. The SMILES string of the molecule is CC(C)(O)CCC(O)[C@](C)(O)[C@H]1CCC2(O)C3=CC(=O)[C@]4(O)C[C@@H](O)[C@@H](O)C[C@]4(C)C3CC[C@]12C. The van der Waals surface area contributed by atoms with Gasteiger partial charge in [-0.25, -0.2) is 0 Å². The largest absolute Gasteiger partial charge is 0.390 e. The van der Waals surface area contributed by atoms with E-state index in [4.69, 9.17) is 0 Å². The number of carbonyl (C=O) groups excluding carboxylic acids is 1. The van der Waals surface area contributed by atoms with E-state index in [1.807, 2.05) is 6.92 Å². The number of carbonyl (C=O) groups is 1. The topological polar surface area (TPSA) is 159 Å². The minimum atomic E-state index is -1.82. The van der Waals surface area contributed by atoms with Crippen LogP contribution in [0.1, 0.15) is 86.0 Å². The van der Waals surface area contributed by atoms with Crippen molar-refractivity contribution >= 4 is 5.78 Å². The van der Waals surface area contributed by atoms with Crippen LogP contribution in [-0.2, 0) is 4.79 Å². The molecule has 0 aromatic heterocycles. The Hall–Kier alpha value is -0.870. The van der Waals surface area contributed by atoms with Crippen LogP contribution in [0.25, 0.3) is 0 Å². The molecule has 3 fully saturated rings. The van der Waals surface area contributed by atoms with Crippen LogP contribution in [0.15, 0.2) is 11.6 Å². The van der Waals surface area contributed by atoms with Gasteiger partial charge in [0.05, 0.1) is 35.1 Å². The fraction of sp³-hybridized carbons (Fsp3) is 0.889. The van der Waals surface area contributed by atoms with E-state index in [-0.39, 0.29) is 25.2 Å². The summed E-state index contributed by atoms with van der Waals surface area (Å²) in [5, 5.41) is 77.0. The van der Waals surface area contributed by atoms with Gasteiger partial charge in [0.1, 0.15) is 5.60 Å². The van der Waals surface area contributed by atoms with Crippen molar-refractivity contribution in [2.45, 2.75) is 127 Å². The number of aliphatic hydroxyl groups excluding tert-OH is 3. The van der Waals surface area contributed by atoms with Gasteiger partial charge in [0, 0.05) is 17.3 Å². The number of rotatable bonds is 5. The van der Waals surface area contributed by atoms with Crippen LogP contribution in [0.4, 0.5) is 0 Å². The zero-order chi connectivity index (χ0) is 26.4. The summed E-state index contributed by atoms with van der Waals surface area (Å²) in [5.74, 6) is -1.38. The fourth-order valence-electron chi connectivity index (χ4n) is 8.31. The highest BCUT2D eigenvalue weighted by atomic mass is 16.3. The number of hydrogen-bond donors (Lipinski definition) is 7. The Morgan fingerprint density at radius 1 is 0.971 bits per heavy atom. The molecule has 35 heavy (non-hydrogen) atoms. The summed E-state index contributed by atoms with van der Waals surface area (Å²) in [6, 6.07) is 0. The van der Waals surface area contributed by atoms with E-state index in [0.29, 0.717) is 37.7 Å². The second kappa shape index (κ2) is 8.06. The molecule has 0 amide bonds. The van der Waals surface area contributed by atoms with Crippen LogP contribution in [-0.4, -0.2) is 82.2 Å². The van der Waals surface area contributed by atoms with E-state index < -0.39 is 63.2 Å². The summed E-state index contributed by atoms with van der Waals surface area (Å²) >= 11 is 0. The second-order valence-electron chi connectivity index (χ2n) is 13.3. The molecule has 3 saturated carbocycles. The summed E-state index contributed by atoms with van der Waals surface area (Å²) in [4.78, 5) is 13.3. The zero-order valence-corrected chi connectivity index (χ0v) is 21.7. The lowest BCUT2D eigenvalue weighted by Gasteiger charge is -2.62. The van der Waals surface area contributed by atoms with Crippen molar-refractivity contribution < 1.29 is 40.5 Å². The zero-order valence-electron chi connectivity index (χ0n) is 21.7. The summed E-state index contributed by atoms with van der Waals surface area (Å²) in [7, 11) is 0. The van der Waals surface area contributed by atoms with Crippen molar-refractivity contribution in [3.63, 3.8) is 0 Å². The second-order valence-corrected chi connectivity index (χ2v) is 13.3. The summed E-state index contributed by atoms with van der Waals surface area (Å²) in [6.45, 7) is 8.58. The lowest BCUT2D eigenvalue weighted by molar-refractivity contribution is -0.211. The Bertz CT molecular complexity index is 907. The summed E-state index contributed by atoms with van der Waals surface area (Å²) in [5.41, 5.74) is -7.07. The fourth-order valence-corrected chi connectivity index (χ4v) is 8.31. The first-order chi connectivity index (χ1) is 15.8. The molecule has 4 aliphatic carbocycles. The summed E-state index contributed by atoms with van der Waals surface area (Å²) in [6.07, 6.45) is 0.0884. The minimum absolute atomic E-state index is 0.0437. The maximum Gasteiger partial charge on any atom is 0.187 e. The number of hydrogen-bond acceptors (Lipinski definition) is 8. The van der Waals surface area contributed by atoms with Gasteiger partial charge in [0.25, 0.3) is 0 Å². The first-order valence-electron chi connectivity index (χ1n) is 13.0. The molecule has 8 heteroatoms. The Balaban J connectivity index is 1.70. The van der Waals surface area contributed by atoms with E-state index >= 15 is 0 Å². The van der Waals surface area contributed by atoms with E-state index in [2.05, 4.69) is 0 Å². The van der Waals surface area contributed by atoms with Crippen LogP contribution >= 0.6 is 0 Å². The molecule has 7 N–H and O–H groups in total. The van der Waals surface area contributed by atoms with Gasteiger partial charge >= 0.3 is 0 Å². The standard InChI is InChI=1S/C27H44O8/c1-22(2,32)9-8-20(30)25(5,33)19-7-11-26(34)16-12-21(31)27(35)14-18(29)17(28)13-24(27,4)15(16)6-10-23(19,26)3/h12,15,17-20,28-30,32-35H,6-11,13-14H2,1-5H3/t15?,17-,18+,19-,20?,23+,24+,25+,26?,27+/m0/s1. The highest BCUT2D eigenvalue weighted by Gasteiger charge is 2.71. The number of aliphatic hydroxyl groups is 7. The van der Waals surface area contributed by atoms with Crippen molar-refractivity contribution in [1.82, 2.24) is 0 Å². The van der Waals surface area contributed by atoms with E-state index in [1.165, 1.54) is 6.08 Å². The Morgan fingerprint density at radius 2 is 1.57 bits per heavy atom. The molecule has 0 aromatic rings. The molecule has 0 heterocycles. The molecule has 0 saturated heterocycles. The molecule has 4 rings (SSSR count). The van der Waals surface area contributed by atoms with Crippen molar-refractivity contribution in [3.05, 3.63) is 11.6 Å². The van der Waals surface area contributed by atoms with Gasteiger partial charge in [0.2, 0.25) is 0 Å². The number of ketones is 1. The third-order valence-electron chi connectivity index (χ3n) is 10.7. The molecule has 0 bridgehead atoms. The molecule has 4 aliphatic rings. The van der Waals surface area contributed by atoms with Crippen LogP contribution in [0.5, 0.6) is 0 Å².